The zero-order valence-electron chi connectivity index (χ0n) is 7.03. The molecular formula is C9H5ClN2O2. The molecule has 0 atom stereocenters. The summed E-state index contributed by atoms with van der Waals surface area (Å²) in [7, 11) is 0. The van der Waals surface area contributed by atoms with Crippen LogP contribution in [0, 0.1) is 11.3 Å². The minimum atomic E-state index is -0.538. The third-order valence-corrected chi connectivity index (χ3v) is 2.09. The van der Waals surface area contributed by atoms with Crippen molar-refractivity contribution in [2.24, 2.45) is 0 Å². The molecule has 70 valence electrons. The lowest BCUT2D eigenvalue weighted by Gasteiger charge is -1.93. The molecule has 1 aromatic heterocycles. The second kappa shape index (κ2) is 3.20. The number of hydrogen-bond donors (Lipinski definition) is 0. The average Bonchev–Trinajstić information content (AvgIpc) is 2.45. The molecular weight excluding hydrogens is 204 g/mol. The van der Waals surface area contributed by atoms with Gasteiger partial charge in [-0.25, -0.2) is 4.79 Å². The molecule has 0 saturated heterocycles. The summed E-state index contributed by atoms with van der Waals surface area (Å²) in [6.45, 7) is -0.0355. The molecule has 1 aromatic carbocycles. The molecule has 2 aromatic rings. The molecule has 0 saturated carbocycles. The lowest BCUT2D eigenvalue weighted by molar-refractivity contribution is 0.521. The maximum absolute atomic E-state index is 11.2. The maximum atomic E-state index is 11.2. The number of halogens is 1. The summed E-state index contributed by atoms with van der Waals surface area (Å²) in [5.74, 6) is -0.538. The molecule has 0 unspecified atom stereocenters. The predicted octanol–water partition coefficient (Wildman–Crippen LogP) is 1.77. The number of aromatic nitrogens is 1. The Morgan fingerprint density at radius 1 is 1.57 bits per heavy atom. The number of hydrogen-bond acceptors (Lipinski definition) is 3. The van der Waals surface area contributed by atoms with Crippen molar-refractivity contribution >= 4 is 22.7 Å². The molecule has 0 aliphatic carbocycles. The fraction of sp³-hybridized carbons (Fsp3) is 0.111. The molecule has 0 aliphatic heterocycles. The normalized spacial score (nSPS) is 10.3. The van der Waals surface area contributed by atoms with Gasteiger partial charge in [-0.2, -0.15) is 5.26 Å². The lowest BCUT2D eigenvalue weighted by Crippen LogP contribution is -2.12. The Kier molecular flexibility index (Phi) is 2.02. The van der Waals surface area contributed by atoms with Crippen LogP contribution in [-0.4, -0.2) is 4.57 Å². The van der Waals surface area contributed by atoms with Crippen LogP contribution in [0.25, 0.3) is 11.1 Å². The summed E-state index contributed by atoms with van der Waals surface area (Å²) in [6.07, 6.45) is 0. The minimum absolute atomic E-state index is 0.0355. The number of nitriles is 1. The summed E-state index contributed by atoms with van der Waals surface area (Å²) in [4.78, 5) is 11.2. The average molecular weight is 209 g/mol. The highest BCUT2D eigenvalue weighted by atomic mass is 35.5. The first kappa shape index (κ1) is 8.85. The van der Waals surface area contributed by atoms with E-state index in [0.29, 0.717) is 16.1 Å². The number of nitrogens with zero attached hydrogens (tertiary/aromatic N) is 2. The Morgan fingerprint density at radius 2 is 2.36 bits per heavy atom. The second-order valence-corrected chi connectivity index (χ2v) is 3.16. The second-order valence-electron chi connectivity index (χ2n) is 2.72. The van der Waals surface area contributed by atoms with Crippen LogP contribution in [-0.2, 0) is 6.54 Å². The first-order chi connectivity index (χ1) is 6.72. The third-order valence-electron chi connectivity index (χ3n) is 1.86. The van der Waals surface area contributed by atoms with Crippen molar-refractivity contribution in [3.63, 3.8) is 0 Å². The highest BCUT2D eigenvalue weighted by molar-refractivity contribution is 6.31. The van der Waals surface area contributed by atoms with Gasteiger partial charge in [0, 0.05) is 5.02 Å². The Bertz CT molecular complexity index is 576. The van der Waals surface area contributed by atoms with Gasteiger partial charge in [0.15, 0.2) is 5.58 Å². The smallest absolute Gasteiger partial charge is 0.408 e. The van der Waals surface area contributed by atoms with Crippen LogP contribution in [0.4, 0.5) is 0 Å². The first-order valence-electron chi connectivity index (χ1n) is 3.88. The van der Waals surface area contributed by atoms with Gasteiger partial charge in [0.05, 0.1) is 11.6 Å². The summed E-state index contributed by atoms with van der Waals surface area (Å²) in [5.41, 5.74) is 0.985. The van der Waals surface area contributed by atoms with E-state index in [1.54, 1.807) is 18.2 Å². The third kappa shape index (κ3) is 1.28. The Labute approximate surface area is 83.9 Å². The monoisotopic (exact) mass is 208 g/mol. The van der Waals surface area contributed by atoms with E-state index in [0.717, 1.165) is 0 Å². The molecule has 4 nitrogen and oxygen atoms in total. The van der Waals surface area contributed by atoms with Gasteiger partial charge in [0.25, 0.3) is 0 Å². The number of oxazole rings is 1. The van der Waals surface area contributed by atoms with Crippen molar-refractivity contribution in [1.29, 1.82) is 5.26 Å². The van der Waals surface area contributed by atoms with E-state index >= 15 is 0 Å². The molecule has 0 amide bonds. The first-order valence-corrected chi connectivity index (χ1v) is 4.26. The number of fused-ring (bicyclic) bond motifs is 1. The summed E-state index contributed by atoms with van der Waals surface area (Å²) in [5, 5.41) is 9.01. The highest BCUT2D eigenvalue weighted by Crippen LogP contribution is 2.17. The van der Waals surface area contributed by atoms with Gasteiger partial charge in [-0.05, 0) is 18.2 Å². The Hall–Kier alpha value is -1.73. The summed E-state index contributed by atoms with van der Waals surface area (Å²) in [6, 6.07) is 6.71. The van der Waals surface area contributed by atoms with Gasteiger partial charge < -0.3 is 4.42 Å². The largest absolute Gasteiger partial charge is 0.420 e. The van der Waals surface area contributed by atoms with Crippen molar-refractivity contribution in [1.82, 2.24) is 4.57 Å². The van der Waals surface area contributed by atoms with Crippen LogP contribution in [0.15, 0.2) is 27.4 Å². The summed E-state index contributed by atoms with van der Waals surface area (Å²) >= 11 is 5.76. The fourth-order valence-electron chi connectivity index (χ4n) is 1.26. The van der Waals surface area contributed by atoms with E-state index in [4.69, 9.17) is 21.3 Å². The molecule has 0 aliphatic rings. The van der Waals surface area contributed by atoms with E-state index in [1.165, 1.54) is 4.57 Å². The van der Waals surface area contributed by atoms with Gasteiger partial charge in [-0.15, -0.1) is 0 Å². The molecule has 0 bridgehead atoms. The van der Waals surface area contributed by atoms with Crippen molar-refractivity contribution in [3.05, 3.63) is 33.8 Å². The molecule has 0 radical (unpaired) electrons. The molecule has 14 heavy (non-hydrogen) atoms. The fourth-order valence-corrected chi connectivity index (χ4v) is 1.42. The van der Waals surface area contributed by atoms with Gasteiger partial charge in [-0.3, -0.25) is 4.57 Å². The van der Waals surface area contributed by atoms with Crippen LogP contribution in [0.3, 0.4) is 0 Å². The molecule has 0 spiro atoms. The Morgan fingerprint density at radius 3 is 3.07 bits per heavy atom. The van der Waals surface area contributed by atoms with Gasteiger partial charge in [0.1, 0.15) is 6.54 Å². The lowest BCUT2D eigenvalue weighted by atomic mass is 10.3. The number of rotatable bonds is 1. The van der Waals surface area contributed by atoms with Gasteiger partial charge in [0.2, 0.25) is 0 Å². The topological polar surface area (TPSA) is 58.9 Å². The molecule has 5 heteroatoms. The zero-order chi connectivity index (χ0) is 10.1. The Balaban J connectivity index is 2.81. The van der Waals surface area contributed by atoms with Crippen molar-refractivity contribution in [2.75, 3.05) is 0 Å². The highest BCUT2D eigenvalue weighted by Gasteiger charge is 2.08. The molecule has 1 heterocycles. The van der Waals surface area contributed by atoms with Crippen molar-refractivity contribution < 1.29 is 4.42 Å². The van der Waals surface area contributed by atoms with E-state index in [-0.39, 0.29) is 6.54 Å². The molecule has 0 N–H and O–H groups in total. The van der Waals surface area contributed by atoms with E-state index in [1.807, 2.05) is 6.07 Å². The van der Waals surface area contributed by atoms with Crippen LogP contribution in [0.5, 0.6) is 0 Å². The van der Waals surface area contributed by atoms with E-state index in [2.05, 4.69) is 0 Å². The van der Waals surface area contributed by atoms with Crippen molar-refractivity contribution in [2.45, 2.75) is 6.54 Å². The molecule has 2 rings (SSSR count). The SMILES string of the molecule is N#CCn1c(=O)oc2ccc(Cl)cc21. The van der Waals surface area contributed by atoms with E-state index in [9.17, 15) is 4.79 Å². The standard InChI is InChI=1S/C9H5ClN2O2/c10-6-1-2-8-7(5-6)12(4-3-11)9(13)14-8/h1-2,5H,4H2. The van der Waals surface area contributed by atoms with Gasteiger partial charge >= 0.3 is 5.76 Å². The van der Waals surface area contributed by atoms with E-state index < -0.39 is 5.76 Å². The molecule has 0 fully saturated rings. The summed E-state index contributed by atoms with van der Waals surface area (Å²) < 4.78 is 6.14. The maximum Gasteiger partial charge on any atom is 0.420 e. The minimum Gasteiger partial charge on any atom is -0.408 e. The van der Waals surface area contributed by atoms with Crippen LogP contribution >= 0.6 is 11.6 Å². The zero-order valence-corrected chi connectivity index (χ0v) is 7.78. The van der Waals surface area contributed by atoms with Crippen LogP contribution < -0.4 is 5.76 Å². The quantitative estimate of drug-likeness (QED) is 0.718. The van der Waals surface area contributed by atoms with Crippen molar-refractivity contribution in [3.8, 4) is 6.07 Å². The predicted molar refractivity (Wildman–Crippen MR) is 51.1 cm³/mol. The number of benzene rings is 1. The van der Waals surface area contributed by atoms with Gasteiger partial charge in [-0.1, -0.05) is 11.6 Å². The van der Waals surface area contributed by atoms with Crippen LogP contribution in [0.2, 0.25) is 5.02 Å². The van der Waals surface area contributed by atoms with Crippen LogP contribution in [0.1, 0.15) is 0 Å².